The molecule has 1 aromatic carbocycles. The van der Waals surface area contributed by atoms with Crippen LogP contribution < -0.4 is 10.1 Å². The molecule has 0 radical (unpaired) electrons. The minimum Gasteiger partial charge on any atom is -0.489 e. The van der Waals surface area contributed by atoms with E-state index < -0.39 is 5.60 Å². The lowest BCUT2D eigenvalue weighted by Gasteiger charge is -2.17. The van der Waals surface area contributed by atoms with Crippen LogP contribution in [0.25, 0.3) is 16.8 Å². The van der Waals surface area contributed by atoms with Gasteiger partial charge in [-0.25, -0.2) is 9.97 Å². The van der Waals surface area contributed by atoms with Gasteiger partial charge in [0, 0.05) is 36.8 Å². The van der Waals surface area contributed by atoms with Crippen molar-refractivity contribution in [3.8, 4) is 16.9 Å². The normalized spacial score (nSPS) is 12.9. The van der Waals surface area contributed by atoms with Gasteiger partial charge in [0.1, 0.15) is 18.2 Å². The monoisotopic (exact) mass is 413 g/mol. The van der Waals surface area contributed by atoms with Crippen LogP contribution >= 0.6 is 0 Å². The van der Waals surface area contributed by atoms with Crippen LogP contribution in [0, 0.1) is 0 Å². The summed E-state index contributed by atoms with van der Waals surface area (Å²) in [4.78, 5) is 13.3. The van der Waals surface area contributed by atoms with Crippen LogP contribution in [0.5, 0.6) is 5.75 Å². The Hall–Kier alpha value is -3.71. The van der Waals surface area contributed by atoms with E-state index in [0.29, 0.717) is 11.6 Å². The Morgan fingerprint density at radius 2 is 2.03 bits per heavy atom. The van der Waals surface area contributed by atoms with E-state index in [0.717, 1.165) is 34.6 Å². The van der Waals surface area contributed by atoms with Crippen LogP contribution in [0.4, 0.5) is 17.2 Å². The zero-order valence-electron chi connectivity index (χ0n) is 17.4. The molecule has 4 aromatic rings. The molecule has 0 spiro atoms. The van der Waals surface area contributed by atoms with E-state index in [1.807, 2.05) is 28.9 Å². The van der Waals surface area contributed by atoms with Crippen molar-refractivity contribution in [1.82, 2.24) is 14.4 Å². The molecule has 0 saturated carbocycles. The summed E-state index contributed by atoms with van der Waals surface area (Å²) in [6.07, 6.45) is 10.2. The number of rotatable bonds is 6. The number of hydrogen-bond acceptors (Lipinski definition) is 6. The average molecular weight is 413 g/mol. The molecule has 3 aromatic heterocycles. The average Bonchev–Trinajstić information content (AvgIpc) is 3.41. The number of hydrogen-bond donors (Lipinski definition) is 2. The maximum absolute atomic E-state index is 9.81. The van der Waals surface area contributed by atoms with Gasteiger partial charge in [0.05, 0.1) is 23.2 Å². The first-order chi connectivity index (χ1) is 14.9. The molecule has 0 bridgehead atoms. The molecular weight excluding hydrogens is 390 g/mol. The Kier molecular flexibility index (Phi) is 4.67. The molecule has 7 nitrogen and oxygen atoms in total. The maximum atomic E-state index is 9.81. The van der Waals surface area contributed by atoms with Gasteiger partial charge in [0.25, 0.3) is 0 Å². The Morgan fingerprint density at radius 3 is 2.84 bits per heavy atom. The Labute approximate surface area is 180 Å². The van der Waals surface area contributed by atoms with Crippen molar-refractivity contribution in [1.29, 1.82) is 0 Å². The number of benzene rings is 1. The van der Waals surface area contributed by atoms with Gasteiger partial charge in [-0.15, -0.1) is 0 Å². The second-order valence-electron chi connectivity index (χ2n) is 8.27. The smallest absolute Gasteiger partial charge is 0.160 e. The highest BCUT2D eigenvalue weighted by atomic mass is 16.5. The molecule has 0 amide bonds. The lowest BCUT2D eigenvalue weighted by atomic mass is 10.0. The van der Waals surface area contributed by atoms with Gasteiger partial charge < -0.3 is 19.6 Å². The molecule has 7 heteroatoms. The number of ether oxygens (including phenoxy) is 1. The SMILES string of the molecule is CC(C)(O)COc1ccc(Nc2cc(-c3ccc4c(c3)CC=N4)cn3ccnc23)nc1. The van der Waals surface area contributed by atoms with Crippen molar-refractivity contribution in [2.75, 3.05) is 11.9 Å². The molecule has 0 saturated heterocycles. The summed E-state index contributed by atoms with van der Waals surface area (Å²) in [7, 11) is 0. The predicted octanol–water partition coefficient (Wildman–Crippen LogP) is 4.55. The summed E-state index contributed by atoms with van der Waals surface area (Å²) in [5.41, 5.74) is 5.27. The summed E-state index contributed by atoms with van der Waals surface area (Å²) in [5, 5.41) is 13.2. The fraction of sp³-hybridized carbons (Fsp3) is 0.208. The summed E-state index contributed by atoms with van der Waals surface area (Å²) < 4.78 is 7.58. The number of nitrogens with one attached hydrogen (secondary N) is 1. The highest BCUT2D eigenvalue weighted by molar-refractivity contribution is 5.82. The van der Waals surface area contributed by atoms with Gasteiger partial charge in [0.15, 0.2) is 5.65 Å². The molecule has 1 aliphatic heterocycles. The van der Waals surface area contributed by atoms with Crippen LogP contribution in [0.15, 0.2) is 66.2 Å². The van der Waals surface area contributed by atoms with Crippen molar-refractivity contribution in [2.45, 2.75) is 25.9 Å². The molecule has 0 aliphatic carbocycles. The number of aromatic nitrogens is 3. The van der Waals surface area contributed by atoms with Crippen LogP contribution in [0.3, 0.4) is 0 Å². The first-order valence-electron chi connectivity index (χ1n) is 10.2. The van der Waals surface area contributed by atoms with Crippen LogP contribution in [-0.2, 0) is 6.42 Å². The van der Waals surface area contributed by atoms with E-state index in [4.69, 9.17) is 4.74 Å². The van der Waals surface area contributed by atoms with Gasteiger partial charge in [-0.1, -0.05) is 6.07 Å². The van der Waals surface area contributed by atoms with Crippen LogP contribution in [0.1, 0.15) is 19.4 Å². The molecular formula is C24H23N5O2. The minimum atomic E-state index is -0.896. The Bertz CT molecular complexity index is 1270. The number of fused-ring (bicyclic) bond motifs is 2. The topological polar surface area (TPSA) is 84.0 Å². The fourth-order valence-corrected chi connectivity index (χ4v) is 3.52. The molecule has 0 fully saturated rings. The van der Waals surface area contributed by atoms with Crippen molar-refractivity contribution in [2.24, 2.45) is 4.99 Å². The van der Waals surface area contributed by atoms with Gasteiger partial charge >= 0.3 is 0 Å². The van der Waals surface area contributed by atoms with Crippen molar-refractivity contribution in [3.63, 3.8) is 0 Å². The van der Waals surface area contributed by atoms with E-state index in [1.165, 1.54) is 5.56 Å². The third kappa shape index (κ3) is 4.13. The van der Waals surface area contributed by atoms with E-state index in [9.17, 15) is 5.11 Å². The zero-order chi connectivity index (χ0) is 21.4. The summed E-state index contributed by atoms with van der Waals surface area (Å²) >= 11 is 0. The minimum absolute atomic E-state index is 0.198. The highest BCUT2D eigenvalue weighted by Gasteiger charge is 2.14. The Balaban J connectivity index is 1.43. The molecule has 156 valence electrons. The third-order valence-electron chi connectivity index (χ3n) is 5.03. The third-order valence-corrected chi connectivity index (χ3v) is 5.03. The highest BCUT2D eigenvalue weighted by Crippen LogP contribution is 2.32. The molecule has 1 aliphatic rings. The molecule has 0 atom stereocenters. The molecule has 5 rings (SSSR count). The zero-order valence-corrected chi connectivity index (χ0v) is 17.4. The lowest BCUT2D eigenvalue weighted by molar-refractivity contribution is 0.0284. The Morgan fingerprint density at radius 1 is 1.13 bits per heavy atom. The van der Waals surface area contributed by atoms with Gasteiger partial charge in [-0.05, 0) is 55.3 Å². The van der Waals surface area contributed by atoms with Crippen molar-refractivity contribution in [3.05, 3.63) is 66.7 Å². The van der Waals surface area contributed by atoms with Crippen LogP contribution in [-0.4, -0.2) is 37.9 Å². The maximum Gasteiger partial charge on any atom is 0.160 e. The molecule has 2 N–H and O–H groups in total. The van der Waals surface area contributed by atoms with Crippen LogP contribution in [0.2, 0.25) is 0 Å². The standard InChI is InChI=1S/C24H23N5O2/c1-24(2,30)15-31-19-4-6-22(27-13-19)28-21-12-18(14-29-10-9-26-23(21)29)16-3-5-20-17(11-16)7-8-25-20/h3-6,8-14,30H,7,15H2,1-2H3,(H,27,28). The molecule has 4 heterocycles. The van der Waals surface area contributed by atoms with E-state index in [-0.39, 0.29) is 6.61 Å². The van der Waals surface area contributed by atoms with E-state index in [2.05, 4.69) is 50.7 Å². The number of aliphatic hydroxyl groups is 1. The second kappa shape index (κ2) is 7.52. The number of imidazole rings is 1. The van der Waals surface area contributed by atoms with Crippen molar-refractivity contribution >= 4 is 29.1 Å². The predicted molar refractivity (Wildman–Crippen MR) is 122 cm³/mol. The fourth-order valence-electron chi connectivity index (χ4n) is 3.52. The first-order valence-corrected chi connectivity index (χ1v) is 10.2. The van der Waals surface area contributed by atoms with Gasteiger partial charge in [0.2, 0.25) is 0 Å². The summed E-state index contributed by atoms with van der Waals surface area (Å²) in [6, 6.07) is 12.1. The van der Waals surface area contributed by atoms with Gasteiger partial charge in [-0.2, -0.15) is 0 Å². The van der Waals surface area contributed by atoms with E-state index in [1.54, 1.807) is 26.2 Å². The largest absolute Gasteiger partial charge is 0.489 e. The van der Waals surface area contributed by atoms with E-state index >= 15 is 0 Å². The quantitative estimate of drug-likeness (QED) is 0.485. The number of nitrogens with zero attached hydrogens (tertiary/aromatic N) is 4. The molecule has 0 unspecified atom stereocenters. The lowest BCUT2D eigenvalue weighted by Crippen LogP contribution is -2.27. The van der Waals surface area contributed by atoms with Crippen molar-refractivity contribution < 1.29 is 9.84 Å². The second-order valence-corrected chi connectivity index (χ2v) is 8.27. The summed E-state index contributed by atoms with van der Waals surface area (Å²) in [6.45, 7) is 3.60. The number of pyridine rings is 2. The summed E-state index contributed by atoms with van der Waals surface area (Å²) in [5.74, 6) is 1.28. The molecule has 31 heavy (non-hydrogen) atoms. The number of anilines is 2. The van der Waals surface area contributed by atoms with Gasteiger partial charge in [-0.3, -0.25) is 4.99 Å². The number of aliphatic imine (C=N–C) groups is 1. The first kappa shape index (κ1) is 19.3.